The van der Waals surface area contributed by atoms with Crippen LogP contribution < -0.4 is 24.2 Å². The summed E-state index contributed by atoms with van der Waals surface area (Å²) in [5.41, 5.74) is 0.421. The van der Waals surface area contributed by atoms with Crippen molar-refractivity contribution in [1.29, 1.82) is 0 Å². The average molecular weight is 179 g/mol. The molecule has 74 valence electrons. The van der Waals surface area contributed by atoms with E-state index in [1.807, 2.05) is 7.11 Å². The second kappa shape index (κ2) is 4.36. The minimum atomic E-state index is 0. The van der Waals surface area contributed by atoms with E-state index in [2.05, 4.69) is 33.0 Å². The second-order valence-electron chi connectivity index (χ2n) is 5.16. The first-order valence-electron chi connectivity index (χ1n) is 4.67. The van der Waals surface area contributed by atoms with E-state index >= 15 is 0 Å². The number of rotatable bonds is 1. The molecule has 1 aliphatic rings. The van der Waals surface area contributed by atoms with Gasteiger partial charge in [-0.05, 0) is 40.5 Å². The Bertz CT molecular complexity index is 158. The van der Waals surface area contributed by atoms with Gasteiger partial charge in [-0.1, -0.05) is 0 Å². The maximum atomic E-state index is 5.42. The van der Waals surface area contributed by atoms with Gasteiger partial charge >= 0.3 is 18.9 Å². The Morgan fingerprint density at radius 3 is 1.85 bits per heavy atom. The fourth-order valence-corrected chi connectivity index (χ4v) is 2.40. The van der Waals surface area contributed by atoms with Gasteiger partial charge in [0.25, 0.3) is 0 Å². The maximum Gasteiger partial charge on any atom is 1.00 e. The summed E-state index contributed by atoms with van der Waals surface area (Å²) in [5.74, 6) is 0. The number of piperidine rings is 1. The summed E-state index contributed by atoms with van der Waals surface area (Å²) in [7, 11) is 1.81. The van der Waals surface area contributed by atoms with Crippen LogP contribution in [0.1, 0.15) is 42.0 Å². The predicted molar refractivity (Wildman–Crippen MR) is 52.4 cm³/mol. The molecule has 1 saturated heterocycles. The van der Waals surface area contributed by atoms with Gasteiger partial charge in [0.2, 0.25) is 0 Å². The summed E-state index contributed by atoms with van der Waals surface area (Å²) in [4.78, 5) is 0. The van der Waals surface area contributed by atoms with Crippen molar-refractivity contribution < 1.29 is 25.0 Å². The van der Waals surface area contributed by atoms with Crippen LogP contribution in [0.4, 0.5) is 0 Å². The maximum absolute atomic E-state index is 5.42. The normalized spacial score (nSPS) is 26.5. The molecule has 1 heterocycles. The summed E-state index contributed by atoms with van der Waals surface area (Å²) >= 11 is 0. The van der Waals surface area contributed by atoms with Crippen molar-refractivity contribution in [2.75, 3.05) is 7.11 Å². The molecule has 0 amide bonds. The molecule has 2 nitrogen and oxygen atoms in total. The Balaban J connectivity index is 0. The van der Waals surface area contributed by atoms with Crippen LogP contribution >= 0.6 is 0 Å². The third kappa shape index (κ3) is 4.04. The van der Waals surface area contributed by atoms with Gasteiger partial charge in [0.05, 0.1) is 6.10 Å². The van der Waals surface area contributed by atoms with Gasteiger partial charge in [0, 0.05) is 18.2 Å². The summed E-state index contributed by atoms with van der Waals surface area (Å²) in [5, 5.41) is 3.62. The smallest absolute Gasteiger partial charge is 1.00 e. The zero-order chi connectivity index (χ0) is 9.41. The molecule has 3 heteroatoms. The van der Waals surface area contributed by atoms with E-state index in [1.54, 1.807) is 0 Å². The number of hydrogen-bond donors (Lipinski definition) is 1. The SMILES string of the molecule is COC1CC(C)(C)NC(C)(C)C1.[H-].[Li+]. The van der Waals surface area contributed by atoms with Crippen molar-refractivity contribution in [3.05, 3.63) is 0 Å². The molecule has 0 bridgehead atoms. The van der Waals surface area contributed by atoms with Crippen molar-refractivity contribution in [3.63, 3.8) is 0 Å². The fraction of sp³-hybridized carbons (Fsp3) is 1.00. The molecule has 0 radical (unpaired) electrons. The molecule has 0 aliphatic carbocycles. The predicted octanol–water partition coefficient (Wildman–Crippen LogP) is -0.941. The monoisotopic (exact) mass is 179 g/mol. The van der Waals surface area contributed by atoms with Gasteiger partial charge in [0.15, 0.2) is 0 Å². The zero-order valence-corrected chi connectivity index (χ0v) is 9.90. The van der Waals surface area contributed by atoms with E-state index in [-0.39, 0.29) is 31.4 Å². The van der Waals surface area contributed by atoms with E-state index in [0.29, 0.717) is 6.10 Å². The van der Waals surface area contributed by atoms with Crippen LogP contribution in [-0.4, -0.2) is 24.3 Å². The Labute approximate surface area is 95.5 Å². The van der Waals surface area contributed by atoms with E-state index in [9.17, 15) is 0 Å². The molecular weight excluding hydrogens is 157 g/mol. The number of ether oxygens (including phenoxy) is 1. The molecule has 0 aromatic heterocycles. The van der Waals surface area contributed by atoms with Crippen LogP contribution in [0.25, 0.3) is 0 Å². The molecule has 1 fully saturated rings. The molecule has 1 rings (SSSR count). The van der Waals surface area contributed by atoms with Gasteiger partial charge in [-0.25, -0.2) is 0 Å². The molecular formula is C10H22LiNO. The quantitative estimate of drug-likeness (QED) is 0.524. The third-order valence-corrected chi connectivity index (χ3v) is 2.49. The first-order valence-corrected chi connectivity index (χ1v) is 4.67. The Morgan fingerprint density at radius 2 is 1.54 bits per heavy atom. The van der Waals surface area contributed by atoms with Crippen molar-refractivity contribution in [2.45, 2.75) is 57.7 Å². The van der Waals surface area contributed by atoms with Crippen LogP contribution in [0.2, 0.25) is 0 Å². The van der Waals surface area contributed by atoms with Gasteiger partial charge in [-0.3, -0.25) is 0 Å². The molecule has 0 aromatic carbocycles. The number of hydrogen-bond acceptors (Lipinski definition) is 2. The van der Waals surface area contributed by atoms with Crippen LogP contribution in [0.3, 0.4) is 0 Å². The summed E-state index contributed by atoms with van der Waals surface area (Å²) in [6, 6.07) is 0. The molecule has 1 N–H and O–H groups in total. The van der Waals surface area contributed by atoms with Gasteiger partial charge < -0.3 is 11.5 Å². The van der Waals surface area contributed by atoms with Crippen molar-refractivity contribution >= 4 is 0 Å². The molecule has 0 spiro atoms. The summed E-state index contributed by atoms with van der Waals surface area (Å²) < 4.78 is 5.42. The molecule has 0 aromatic rings. The first kappa shape index (κ1) is 13.5. The molecule has 0 atom stereocenters. The van der Waals surface area contributed by atoms with Gasteiger partial charge in [0.1, 0.15) is 0 Å². The van der Waals surface area contributed by atoms with Gasteiger partial charge in [-0.15, -0.1) is 0 Å². The Morgan fingerprint density at radius 1 is 1.15 bits per heavy atom. The zero-order valence-electron chi connectivity index (χ0n) is 10.9. The summed E-state index contributed by atoms with van der Waals surface area (Å²) in [6.07, 6.45) is 2.62. The second-order valence-corrected chi connectivity index (χ2v) is 5.16. The van der Waals surface area contributed by atoms with Crippen LogP contribution in [0.5, 0.6) is 0 Å². The summed E-state index contributed by atoms with van der Waals surface area (Å²) in [6.45, 7) is 8.94. The van der Waals surface area contributed by atoms with E-state index in [1.165, 1.54) is 0 Å². The molecule has 13 heavy (non-hydrogen) atoms. The molecule has 1 aliphatic heterocycles. The van der Waals surface area contributed by atoms with E-state index in [4.69, 9.17) is 4.74 Å². The van der Waals surface area contributed by atoms with Crippen molar-refractivity contribution in [1.82, 2.24) is 5.32 Å². The van der Waals surface area contributed by atoms with Crippen LogP contribution in [-0.2, 0) is 4.74 Å². The largest absolute Gasteiger partial charge is 1.00 e. The minimum absolute atomic E-state index is 0. The first-order chi connectivity index (χ1) is 5.35. The standard InChI is InChI=1S/C10H21NO.Li.H/c1-9(2)6-8(12-5)7-10(3,4)11-9;;/h8,11H,6-7H2,1-5H3;;/q;+1;-1. The van der Waals surface area contributed by atoms with E-state index < -0.39 is 0 Å². The van der Waals surface area contributed by atoms with Gasteiger partial charge in [-0.2, -0.15) is 0 Å². The third-order valence-electron chi connectivity index (χ3n) is 2.49. The topological polar surface area (TPSA) is 21.3 Å². The van der Waals surface area contributed by atoms with Crippen LogP contribution in [0, 0.1) is 0 Å². The Kier molecular flexibility index (Phi) is 4.53. The van der Waals surface area contributed by atoms with E-state index in [0.717, 1.165) is 12.8 Å². The average Bonchev–Trinajstić information content (AvgIpc) is 1.80. The number of methoxy groups -OCH3 is 1. The number of nitrogens with one attached hydrogen (secondary N) is 1. The molecule has 0 unspecified atom stereocenters. The van der Waals surface area contributed by atoms with Crippen molar-refractivity contribution in [3.8, 4) is 0 Å². The molecule has 0 saturated carbocycles. The van der Waals surface area contributed by atoms with Crippen molar-refractivity contribution in [2.24, 2.45) is 0 Å². The fourth-order valence-electron chi connectivity index (χ4n) is 2.40. The van der Waals surface area contributed by atoms with Crippen LogP contribution in [0.15, 0.2) is 0 Å². The Hall–Kier alpha value is 0.517. The minimum Gasteiger partial charge on any atom is -1.00 e.